The van der Waals surface area contributed by atoms with Gasteiger partial charge in [-0.3, -0.25) is 4.72 Å². The second-order valence-corrected chi connectivity index (χ2v) is 11.8. The van der Waals surface area contributed by atoms with Crippen LogP contribution in [0.15, 0.2) is 88.7 Å². The third-order valence-electron chi connectivity index (χ3n) is 5.41. The van der Waals surface area contributed by atoms with Crippen molar-refractivity contribution >= 4 is 48.9 Å². The number of anilines is 3. The van der Waals surface area contributed by atoms with E-state index in [0.29, 0.717) is 22.6 Å². The van der Waals surface area contributed by atoms with E-state index in [1.54, 1.807) is 54.6 Å². The maximum atomic E-state index is 13.3. The van der Waals surface area contributed by atoms with Gasteiger partial charge in [0.15, 0.2) is 0 Å². The van der Waals surface area contributed by atoms with E-state index < -0.39 is 20.0 Å². The lowest BCUT2D eigenvalue weighted by molar-refractivity contribution is 0.596. The lowest BCUT2D eigenvalue weighted by Crippen LogP contribution is -2.29. The van der Waals surface area contributed by atoms with Gasteiger partial charge < -0.3 is 10.2 Å². The predicted molar refractivity (Wildman–Crippen MR) is 135 cm³/mol. The smallest absolute Gasteiger partial charge is 0.278 e. The number of halogens is 1. The van der Waals surface area contributed by atoms with Crippen LogP contribution in [0.5, 0.6) is 0 Å². The van der Waals surface area contributed by atoms with Gasteiger partial charge in [-0.1, -0.05) is 36.4 Å². The number of hydrogen-bond acceptors (Lipinski definition) is 6. The number of nitrogens with zero attached hydrogens (tertiary/aromatic N) is 2. The van der Waals surface area contributed by atoms with Gasteiger partial charge in [-0.15, -0.1) is 0 Å². The Kier molecular flexibility index (Phi) is 7.32. The standard InChI is InChI=1S/C23H25ClN4O4S2/c24-28(19-8-3-1-4-9-19)34(31,32)21-12-13-23(27-16-7-14-25-15-17-27)22(18-21)26-33(29,30)20-10-5-2-6-11-20/h1-6,8-13,18,25-26H,7,14-17H2. The molecule has 0 aromatic heterocycles. The summed E-state index contributed by atoms with van der Waals surface area (Å²) in [5.74, 6) is 0. The molecule has 0 atom stereocenters. The molecule has 1 aliphatic heterocycles. The minimum Gasteiger partial charge on any atom is -0.369 e. The van der Waals surface area contributed by atoms with Gasteiger partial charge in [-0.2, -0.15) is 12.2 Å². The van der Waals surface area contributed by atoms with Crippen LogP contribution < -0.4 is 18.8 Å². The van der Waals surface area contributed by atoms with E-state index in [0.717, 1.165) is 19.5 Å². The average molecular weight is 521 g/mol. The van der Waals surface area contributed by atoms with Gasteiger partial charge in [-0.05, 0) is 55.4 Å². The molecule has 0 bridgehead atoms. The molecule has 0 spiro atoms. The molecule has 0 aliphatic carbocycles. The normalized spacial score (nSPS) is 14.9. The maximum absolute atomic E-state index is 13.3. The summed E-state index contributed by atoms with van der Waals surface area (Å²) >= 11 is 6.21. The lowest BCUT2D eigenvalue weighted by Gasteiger charge is -2.26. The molecule has 1 aliphatic rings. The molecule has 180 valence electrons. The van der Waals surface area contributed by atoms with Gasteiger partial charge in [0.05, 0.1) is 26.9 Å². The second kappa shape index (κ2) is 10.2. The molecule has 1 fully saturated rings. The fourth-order valence-electron chi connectivity index (χ4n) is 3.70. The Hall–Kier alpha value is -2.79. The van der Waals surface area contributed by atoms with Crippen molar-refractivity contribution < 1.29 is 16.8 Å². The van der Waals surface area contributed by atoms with E-state index >= 15 is 0 Å². The zero-order valence-electron chi connectivity index (χ0n) is 18.3. The molecule has 0 unspecified atom stereocenters. The van der Waals surface area contributed by atoms with Crippen LogP contribution in [0.4, 0.5) is 17.1 Å². The first kappa shape index (κ1) is 24.3. The molecule has 0 amide bonds. The first-order valence-corrected chi connectivity index (χ1v) is 14.0. The molecule has 11 heteroatoms. The van der Waals surface area contributed by atoms with Crippen molar-refractivity contribution in [2.24, 2.45) is 0 Å². The molecule has 4 rings (SSSR count). The summed E-state index contributed by atoms with van der Waals surface area (Å²) in [5.41, 5.74) is 1.05. The Bertz CT molecular complexity index is 1330. The first-order valence-electron chi connectivity index (χ1n) is 10.7. The van der Waals surface area contributed by atoms with E-state index in [2.05, 4.69) is 10.0 Å². The molecule has 0 saturated carbocycles. The van der Waals surface area contributed by atoms with Crippen LogP contribution in [0.2, 0.25) is 0 Å². The SMILES string of the molecule is O=S(=O)(Nc1cc(S(=O)(=O)N(Cl)c2ccccc2)ccc1N1CCCNCC1)c1ccccc1. The van der Waals surface area contributed by atoms with E-state index in [1.807, 2.05) is 4.90 Å². The maximum Gasteiger partial charge on any atom is 0.278 e. The molecule has 2 N–H and O–H groups in total. The number of para-hydroxylation sites is 1. The molecule has 1 heterocycles. The third-order valence-corrected chi connectivity index (χ3v) is 9.02. The molecular weight excluding hydrogens is 496 g/mol. The van der Waals surface area contributed by atoms with Crippen molar-refractivity contribution in [2.75, 3.05) is 39.6 Å². The van der Waals surface area contributed by atoms with Crippen molar-refractivity contribution in [3.63, 3.8) is 0 Å². The Labute approximate surface area is 205 Å². The fraction of sp³-hybridized carbons (Fsp3) is 0.217. The third kappa shape index (κ3) is 5.30. The number of benzene rings is 3. The molecule has 3 aromatic carbocycles. The monoisotopic (exact) mass is 520 g/mol. The zero-order chi connectivity index (χ0) is 24.2. The van der Waals surface area contributed by atoms with Gasteiger partial charge in [0.2, 0.25) is 0 Å². The predicted octanol–water partition coefficient (Wildman–Crippen LogP) is 3.64. The highest BCUT2D eigenvalue weighted by Crippen LogP contribution is 2.34. The van der Waals surface area contributed by atoms with Crippen molar-refractivity contribution in [2.45, 2.75) is 16.2 Å². The van der Waals surface area contributed by atoms with Crippen LogP contribution >= 0.6 is 11.8 Å². The van der Waals surface area contributed by atoms with Gasteiger partial charge in [0, 0.05) is 31.4 Å². The second-order valence-electron chi connectivity index (χ2n) is 7.74. The highest BCUT2D eigenvalue weighted by Gasteiger charge is 2.27. The minimum atomic E-state index is -4.16. The van der Waals surface area contributed by atoms with Crippen molar-refractivity contribution in [3.8, 4) is 0 Å². The van der Waals surface area contributed by atoms with Crippen LogP contribution in [0.1, 0.15) is 6.42 Å². The Morgan fingerprint density at radius 3 is 2.21 bits per heavy atom. The summed E-state index contributed by atoms with van der Waals surface area (Å²) < 4.78 is 56.0. The van der Waals surface area contributed by atoms with Crippen LogP contribution in [-0.4, -0.2) is 43.0 Å². The van der Waals surface area contributed by atoms with Crippen LogP contribution in [0.25, 0.3) is 0 Å². The minimum absolute atomic E-state index is 0.0787. The number of sulfonamides is 2. The molecule has 3 aromatic rings. The lowest BCUT2D eigenvalue weighted by atomic mass is 10.2. The Balaban J connectivity index is 1.77. The topological polar surface area (TPSA) is 98.8 Å². The number of rotatable bonds is 7. The molecular formula is C23H25ClN4O4S2. The van der Waals surface area contributed by atoms with Crippen molar-refractivity contribution in [3.05, 3.63) is 78.9 Å². The summed E-state index contributed by atoms with van der Waals surface area (Å²) in [6.07, 6.45) is 0.869. The van der Waals surface area contributed by atoms with Gasteiger partial charge in [0.25, 0.3) is 20.0 Å². The van der Waals surface area contributed by atoms with Gasteiger partial charge in [-0.25, -0.2) is 8.42 Å². The first-order chi connectivity index (χ1) is 16.3. The van der Waals surface area contributed by atoms with E-state index in [9.17, 15) is 16.8 Å². The molecule has 0 radical (unpaired) electrons. The average Bonchev–Trinajstić information content (AvgIpc) is 3.14. The number of nitrogens with one attached hydrogen (secondary N) is 2. The molecule has 34 heavy (non-hydrogen) atoms. The highest BCUT2D eigenvalue weighted by atomic mass is 35.5. The van der Waals surface area contributed by atoms with Crippen LogP contribution in [-0.2, 0) is 20.0 Å². The van der Waals surface area contributed by atoms with Crippen molar-refractivity contribution in [1.82, 2.24) is 5.32 Å². The molecule has 8 nitrogen and oxygen atoms in total. The van der Waals surface area contributed by atoms with E-state index in [1.165, 1.54) is 24.3 Å². The van der Waals surface area contributed by atoms with E-state index in [4.69, 9.17) is 11.8 Å². The van der Waals surface area contributed by atoms with Crippen LogP contribution in [0, 0.1) is 0 Å². The largest absolute Gasteiger partial charge is 0.369 e. The summed E-state index contributed by atoms with van der Waals surface area (Å²) in [6.45, 7) is 2.93. The highest BCUT2D eigenvalue weighted by molar-refractivity contribution is 7.94. The Morgan fingerprint density at radius 1 is 0.824 bits per heavy atom. The summed E-state index contributed by atoms with van der Waals surface area (Å²) in [5, 5.41) is 3.31. The Morgan fingerprint density at radius 2 is 1.50 bits per heavy atom. The van der Waals surface area contributed by atoms with Gasteiger partial charge in [0.1, 0.15) is 0 Å². The summed E-state index contributed by atoms with van der Waals surface area (Å²) in [6, 6.07) is 20.6. The summed E-state index contributed by atoms with van der Waals surface area (Å²) in [4.78, 5) is 1.98. The quantitative estimate of drug-likeness (QED) is 0.461. The number of hydrogen-bond donors (Lipinski definition) is 2. The van der Waals surface area contributed by atoms with E-state index in [-0.39, 0.29) is 21.2 Å². The van der Waals surface area contributed by atoms with Crippen molar-refractivity contribution in [1.29, 1.82) is 0 Å². The zero-order valence-corrected chi connectivity index (χ0v) is 20.7. The fourth-order valence-corrected chi connectivity index (χ4v) is 6.23. The summed E-state index contributed by atoms with van der Waals surface area (Å²) in [7, 11) is -8.11. The molecule has 1 saturated heterocycles. The van der Waals surface area contributed by atoms with Crippen LogP contribution in [0.3, 0.4) is 0 Å². The van der Waals surface area contributed by atoms with Gasteiger partial charge >= 0.3 is 0 Å².